The number of nitrogen functional groups attached to an aromatic ring is 1. The van der Waals surface area contributed by atoms with E-state index in [1.165, 1.54) is 25.7 Å². The molecule has 3 N–H and O–H groups in total. The predicted octanol–water partition coefficient (Wildman–Crippen LogP) is 3.35. The van der Waals surface area contributed by atoms with Gasteiger partial charge in [-0.2, -0.15) is 0 Å². The largest absolute Gasteiger partial charge is 0.384 e. The standard InChI is InChI=1S/C15H26N4/c1-14(2,3)13-18-11(16)9-12(19-13)17-10-15(4)7-5-6-8-15/h9H,5-8,10H2,1-4H3,(H3,16,17,18,19). The molecule has 106 valence electrons. The van der Waals surface area contributed by atoms with Crippen molar-refractivity contribution >= 4 is 11.6 Å². The van der Waals surface area contributed by atoms with Crippen molar-refractivity contribution in [1.29, 1.82) is 0 Å². The van der Waals surface area contributed by atoms with Gasteiger partial charge in [0.25, 0.3) is 0 Å². The quantitative estimate of drug-likeness (QED) is 0.877. The second-order valence-electron chi connectivity index (χ2n) is 7.12. The van der Waals surface area contributed by atoms with Crippen molar-refractivity contribution in [3.8, 4) is 0 Å². The van der Waals surface area contributed by atoms with Crippen molar-refractivity contribution in [2.75, 3.05) is 17.6 Å². The summed E-state index contributed by atoms with van der Waals surface area (Å²) in [6, 6.07) is 1.83. The van der Waals surface area contributed by atoms with E-state index in [1.54, 1.807) is 0 Å². The Bertz CT molecular complexity index is 442. The minimum atomic E-state index is -0.0803. The SMILES string of the molecule is CC1(CNc2cc(N)nc(C(C)(C)C)n2)CCCC1. The molecule has 0 amide bonds. The minimum absolute atomic E-state index is 0.0803. The molecule has 4 heteroatoms. The van der Waals surface area contributed by atoms with Crippen molar-refractivity contribution < 1.29 is 0 Å². The van der Waals surface area contributed by atoms with Gasteiger partial charge in [-0.3, -0.25) is 0 Å². The average molecular weight is 262 g/mol. The van der Waals surface area contributed by atoms with Gasteiger partial charge in [-0.05, 0) is 18.3 Å². The highest BCUT2D eigenvalue weighted by atomic mass is 15.1. The van der Waals surface area contributed by atoms with Gasteiger partial charge in [-0.1, -0.05) is 40.5 Å². The molecule has 0 unspecified atom stereocenters. The first-order chi connectivity index (χ1) is 8.78. The topological polar surface area (TPSA) is 63.8 Å². The summed E-state index contributed by atoms with van der Waals surface area (Å²) in [4.78, 5) is 8.92. The molecule has 2 rings (SSSR count). The molecule has 0 bridgehead atoms. The molecule has 0 radical (unpaired) electrons. The summed E-state index contributed by atoms with van der Waals surface area (Å²) in [5, 5.41) is 3.45. The highest BCUT2D eigenvalue weighted by Gasteiger charge is 2.28. The maximum absolute atomic E-state index is 5.88. The van der Waals surface area contributed by atoms with Crippen molar-refractivity contribution in [2.45, 2.75) is 58.8 Å². The summed E-state index contributed by atoms with van der Waals surface area (Å²) in [7, 11) is 0. The van der Waals surface area contributed by atoms with Crippen molar-refractivity contribution in [2.24, 2.45) is 5.41 Å². The number of rotatable bonds is 3. The molecule has 19 heavy (non-hydrogen) atoms. The van der Waals surface area contributed by atoms with E-state index < -0.39 is 0 Å². The Hall–Kier alpha value is -1.32. The van der Waals surface area contributed by atoms with Crippen LogP contribution in [0.2, 0.25) is 0 Å². The highest BCUT2D eigenvalue weighted by Crippen LogP contribution is 2.37. The second kappa shape index (κ2) is 4.99. The number of nitrogens with two attached hydrogens (primary N) is 1. The Balaban J connectivity index is 2.10. The zero-order valence-corrected chi connectivity index (χ0v) is 12.6. The maximum Gasteiger partial charge on any atom is 0.138 e. The van der Waals surface area contributed by atoms with Gasteiger partial charge in [0.2, 0.25) is 0 Å². The predicted molar refractivity (Wildman–Crippen MR) is 80.2 cm³/mol. The summed E-state index contributed by atoms with van der Waals surface area (Å²) >= 11 is 0. The maximum atomic E-state index is 5.88. The Kier molecular flexibility index (Phi) is 3.70. The van der Waals surface area contributed by atoms with Crippen LogP contribution in [0.25, 0.3) is 0 Å². The zero-order valence-electron chi connectivity index (χ0n) is 12.6. The van der Waals surface area contributed by atoms with Crippen LogP contribution < -0.4 is 11.1 Å². The number of hydrogen-bond acceptors (Lipinski definition) is 4. The molecule has 1 aliphatic carbocycles. The lowest BCUT2D eigenvalue weighted by molar-refractivity contribution is 0.361. The molecule has 0 aliphatic heterocycles. The van der Waals surface area contributed by atoms with E-state index in [2.05, 4.69) is 43.0 Å². The van der Waals surface area contributed by atoms with E-state index in [1.807, 2.05) is 6.07 Å². The van der Waals surface area contributed by atoms with Crippen LogP contribution in [0, 0.1) is 5.41 Å². The van der Waals surface area contributed by atoms with Crippen LogP contribution in [0.15, 0.2) is 6.07 Å². The first kappa shape index (κ1) is 14.1. The van der Waals surface area contributed by atoms with E-state index in [9.17, 15) is 0 Å². The number of hydrogen-bond donors (Lipinski definition) is 2. The van der Waals surface area contributed by atoms with E-state index in [-0.39, 0.29) is 5.41 Å². The molecule has 1 aromatic rings. The lowest BCUT2D eigenvalue weighted by Gasteiger charge is -2.25. The monoisotopic (exact) mass is 262 g/mol. The molecule has 1 saturated carbocycles. The van der Waals surface area contributed by atoms with Crippen LogP contribution in [0.5, 0.6) is 0 Å². The Morgan fingerprint density at radius 1 is 1.26 bits per heavy atom. The number of nitrogens with zero attached hydrogens (tertiary/aromatic N) is 2. The smallest absolute Gasteiger partial charge is 0.138 e. The lowest BCUT2D eigenvalue weighted by Crippen LogP contribution is -2.24. The zero-order chi connectivity index (χ0) is 14.1. The number of anilines is 2. The van der Waals surface area contributed by atoms with Gasteiger partial charge < -0.3 is 11.1 Å². The molecule has 4 nitrogen and oxygen atoms in total. The van der Waals surface area contributed by atoms with Crippen LogP contribution in [0.3, 0.4) is 0 Å². The molecule has 1 fully saturated rings. The van der Waals surface area contributed by atoms with Crippen LogP contribution in [0.1, 0.15) is 59.2 Å². The molecule has 0 atom stereocenters. The molecular weight excluding hydrogens is 236 g/mol. The first-order valence-corrected chi connectivity index (χ1v) is 7.17. The lowest BCUT2D eigenvalue weighted by atomic mass is 9.89. The van der Waals surface area contributed by atoms with E-state index in [0.29, 0.717) is 11.2 Å². The summed E-state index contributed by atoms with van der Waals surface area (Å²) < 4.78 is 0. The molecule has 0 spiro atoms. The van der Waals surface area contributed by atoms with Crippen molar-refractivity contribution in [1.82, 2.24) is 9.97 Å². The van der Waals surface area contributed by atoms with E-state index >= 15 is 0 Å². The molecular formula is C15H26N4. The van der Waals surface area contributed by atoms with Gasteiger partial charge >= 0.3 is 0 Å². The van der Waals surface area contributed by atoms with Gasteiger partial charge in [-0.25, -0.2) is 9.97 Å². The summed E-state index contributed by atoms with van der Waals surface area (Å²) in [5.41, 5.74) is 6.21. The van der Waals surface area contributed by atoms with Crippen molar-refractivity contribution in [3.05, 3.63) is 11.9 Å². The minimum Gasteiger partial charge on any atom is -0.384 e. The van der Waals surface area contributed by atoms with Crippen LogP contribution in [-0.4, -0.2) is 16.5 Å². The van der Waals surface area contributed by atoms with E-state index in [0.717, 1.165) is 18.2 Å². The van der Waals surface area contributed by atoms with E-state index in [4.69, 9.17) is 5.73 Å². The molecule has 1 heterocycles. The summed E-state index contributed by atoms with van der Waals surface area (Å²) in [6.45, 7) is 9.62. The molecule has 0 saturated heterocycles. The summed E-state index contributed by atoms with van der Waals surface area (Å²) in [5.74, 6) is 2.19. The van der Waals surface area contributed by atoms with Gasteiger partial charge in [0.1, 0.15) is 17.5 Å². The van der Waals surface area contributed by atoms with Crippen molar-refractivity contribution in [3.63, 3.8) is 0 Å². The third-order valence-corrected chi connectivity index (χ3v) is 3.92. The highest BCUT2D eigenvalue weighted by molar-refractivity contribution is 5.45. The fraction of sp³-hybridized carbons (Fsp3) is 0.733. The van der Waals surface area contributed by atoms with Crippen LogP contribution in [-0.2, 0) is 5.41 Å². The summed E-state index contributed by atoms with van der Waals surface area (Å²) in [6.07, 6.45) is 5.29. The van der Waals surface area contributed by atoms with Gasteiger partial charge in [0.05, 0.1) is 0 Å². The Labute approximate surface area is 116 Å². The molecule has 1 aromatic heterocycles. The Morgan fingerprint density at radius 3 is 2.47 bits per heavy atom. The van der Waals surface area contributed by atoms with Crippen LogP contribution in [0.4, 0.5) is 11.6 Å². The number of aromatic nitrogens is 2. The Morgan fingerprint density at radius 2 is 1.89 bits per heavy atom. The average Bonchev–Trinajstić information content (AvgIpc) is 2.72. The molecule has 0 aromatic carbocycles. The number of nitrogens with one attached hydrogen (secondary N) is 1. The third-order valence-electron chi connectivity index (χ3n) is 3.92. The molecule has 1 aliphatic rings. The van der Waals surface area contributed by atoms with Gasteiger partial charge in [-0.15, -0.1) is 0 Å². The van der Waals surface area contributed by atoms with Crippen LogP contribution >= 0.6 is 0 Å². The normalized spacial score (nSPS) is 18.5. The van der Waals surface area contributed by atoms with Gasteiger partial charge in [0.15, 0.2) is 0 Å². The second-order valence-corrected chi connectivity index (χ2v) is 7.12. The third kappa shape index (κ3) is 3.58. The van der Waals surface area contributed by atoms with Gasteiger partial charge in [0, 0.05) is 18.0 Å². The fourth-order valence-corrected chi connectivity index (χ4v) is 2.60. The first-order valence-electron chi connectivity index (χ1n) is 7.17. The fourth-order valence-electron chi connectivity index (χ4n) is 2.60.